The second-order valence-electron chi connectivity index (χ2n) is 7.07. The van der Waals surface area contributed by atoms with Gasteiger partial charge in [-0.2, -0.15) is 0 Å². The topological polar surface area (TPSA) is 43.4 Å². The highest BCUT2D eigenvalue weighted by Crippen LogP contribution is 2.23. The normalized spacial score (nSPS) is 10.6. The summed E-state index contributed by atoms with van der Waals surface area (Å²) < 4.78 is 5.41. The van der Waals surface area contributed by atoms with Gasteiger partial charge in [0.25, 0.3) is 5.24 Å². The Morgan fingerprint density at radius 3 is 1.79 bits per heavy atom. The van der Waals surface area contributed by atoms with Gasteiger partial charge in [-0.25, -0.2) is 0 Å². The van der Waals surface area contributed by atoms with E-state index in [0.717, 1.165) is 24.0 Å². The lowest BCUT2D eigenvalue weighted by Crippen LogP contribution is -2.07. The molecule has 0 saturated carbocycles. The van der Waals surface area contributed by atoms with Crippen molar-refractivity contribution in [3.8, 4) is 16.9 Å². The van der Waals surface area contributed by atoms with Crippen molar-refractivity contribution in [1.82, 2.24) is 0 Å². The van der Waals surface area contributed by atoms with Crippen LogP contribution in [0.15, 0.2) is 48.5 Å². The molecule has 0 aromatic heterocycles. The maximum atomic E-state index is 12.0. The van der Waals surface area contributed by atoms with Gasteiger partial charge < -0.3 is 4.74 Å². The molecule has 0 bridgehead atoms. The van der Waals surface area contributed by atoms with E-state index in [-0.39, 0.29) is 5.97 Å². The lowest BCUT2D eigenvalue weighted by molar-refractivity contribution is -0.134. The van der Waals surface area contributed by atoms with Crippen LogP contribution in [0.4, 0.5) is 0 Å². The number of halogens is 1. The number of carbonyl (C=O) groups is 2. The third-order valence-electron chi connectivity index (χ3n) is 4.77. The SMILES string of the molecule is CCCCCCCCCCC(=O)Oc1ccc(-c2ccc(C(=O)Cl)cc2)cc1. The highest BCUT2D eigenvalue weighted by molar-refractivity contribution is 6.67. The summed E-state index contributed by atoms with van der Waals surface area (Å²) in [6, 6.07) is 14.5. The lowest BCUT2D eigenvalue weighted by Gasteiger charge is -2.07. The number of benzene rings is 2. The van der Waals surface area contributed by atoms with Crippen molar-refractivity contribution in [2.45, 2.75) is 64.7 Å². The van der Waals surface area contributed by atoms with Gasteiger partial charge in [-0.15, -0.1) is 0 Å². The van der Waals surface area contributed by atoms with Gasteiger partial charge in [-0.1, -0.05) is 76.1 Å². The molecule has 0 atom stereocenters. The van der Waals surface area contributed by atoms with Gasteiger partial charge in [0.2, 0.25) is 0 Å². The van der Waals surface area contributed by atoms with E-state index in [2.05, 4.69) is 6.92 Å². The zero-order valence-corrected chi connectivity index (χ0v) is 17.3. The van der Waals surface area contributed by atoms with Crippen LogP contribution in [-0.2, 0) is 4.79 Å². The van der Waals surface area contributed by atoms with Crippen LogP contribution in [0.2, 0.25) is 0 Å². The van der Waals surface area contributed by atoms with Crippen molar-refractivity contribution in [3.05, 3.63) is 54.1 Å². The minimum Gasteiger partial charge on any atom is -0.427 e. The molecular weight excluding hydrogens is 372 g/mol. The molecule has 150 valence electrons. The van der Waals surface area contributed by atoms with Crippen LogP contribution in [0, 0.1) is 0 Å². The molecule has 0 aliphatic carbocycles. The molecule has 0 saturated heterocycles. The summed E-state index contributed by atoms with van der Waals surface area (Å²) in [7, 11) is 0. The van der Waals surface area contributed by atoms with E-state index < -0.39 is 5.24 Å². The molecule has 0 aliphatic heterocycles. The minimum atomic E-state index is -0.467. The van der Waals surface area contributed by atoms with Crippen LogP contribution in [-0.4, -0.2) is 11.2 Å². The molecule has 3 nitrogen and oxygen atoms in total. The summed E-state index contributed by atoms with van der Waals surface area (Å²) >= 11 is 5.46. The van der Waals surface area contributed by atoms with E-state index in [0.29, 0.717) is 17.7 Å². The number of rotatable bonds is 12. The van der Waals surface area contributed by atoms with Gasteiger partial charge >= 0.3 is 5.97 Å². The van der Waals surface area contributed by atoms with E-state index in [1.54, 1.807) is 24.3 Å². The van der Waals surface area contributed by atoms with Gasteiger partial charge in [0.1, 0.15) is 5.75 Å². The van der Waals surface area contributed by atoms with Gasteiger partial charge in [0, 0.05) is 12.0 Å². The van der Waals surface area contributed by atoms with E-state index in [9.17, 15) is 9.59 Å². The van der Waals surface area contributed by atoms with Crippen molar-refractivity contribution in [2.75, 3.05) is 0 Å². The molecule has 0 aliphatic rings. The fraction of sp³-hybridized carbons (Fsp3) is 0.417. The van der Waals surface area contributed by atoms with Crippen molar-refractivity contribution < 1.29 is 14.3 Å². The van der Waals surface area contributed by atoms with Gasteiger partial charge in [0.05, 0.1) is 0 Å². The average molecular weight is 401 g/mol. The standard InChI is InChI=1S/C24H29ClO3/c1-2-3-4-5-6-7-8-9-10-23(26)28-22-17-15-20(16-18-22)19-11-13-21(14-12-19)24(25)27/h11-18H,2-10H2,1H3. The van der Waals surface area contributed by atoms with Gasteiger partial charge in [0.15, 0.2) is 0 Å². The zero-order valence-electron chi connectivity index (χ0n) is 16.6. The number of unbranched alkanes of at least 4 members (excludes halogenated alkanes) is 7. The number of carbonyl (C=O) groups excluding carboxylic acids is 2. The summed E-state index contributed by atoms with van der Waals surface area (Å²) in [6.07, 6.45) is 10.1. The second kappa shape index (κ2) is 12.4. The number of hydrogen-bond donors (Lipinski definition) is 0. The molecule has 0 amide bonds. The Bertz CT molecular complexity index is 735. The van der Waals surface area contributed by atoms with Crippen molar-refractivity contribution >= 4 is 22.8 Å². The summed E-state index contributed by atoms with van der Waals surface area (Å²) in [5.74, 6) is 0.379. The van der Waals surface area contributed by atoms with Crippen molar-refractivity contribution in [3.63, 3.8) is 0 Å². The molecule has 2 aromatic carbocycles. The molecule has 2 aromatic rings. The Morgan fingerprint density at radius 2 is 1.25 bits per heavy atom. The summed E-state index contributed by atoms with van der Waals surface area (Å²) in [5.41, 5.74) is 2.42. The monoisotopic (exact) mass is 400 g/mol. The summed E-state index contributed by atoms with van der Waals surface area (Å²) in [6.45, 7) is 2.22. The van der Waals surface area contributed by atoms with E-state index >= 15 is 0 Å². The van der Waals surface area contributed by atoms with Crippen molar-refractivity contribution in [1.29, 1.82) is 0 Å². The third kappa shape index (κ3) is 7.85. The first-order valence-electron chi connectivity index (χ1n) is 10.2. The predicted octanol–water partition coefficient (Wildman–Crippen LogP) is 7.17. The van der Waals surface area contributed by atoms with E-state index in [1.165, 1.54) is 38.5 Å². The van der Waals surface area contributed by atoms with Crippen LogP contribution in [0.5, 0.6) is 5.75 Å². The summed E-state index contributed by atoms with van der Waals surface area (Å²) in [4.78, 5) is 23.1. The van der Waals surface area contributed by atoms with Crippen LogP contribution in [0.1, 0.15) is 75.1 Å². The zero-order chi connectivity index (χ0) is 20.2. The second-order valence-corrected chi connectivity index (χ2v) is 7.42. The fourth-order valence-corrected chi connectivity index (χ4v) is 3.22. The van der Waals surface area contributed by atoms with E-state index in [1.807, 2.05) is 24.3 Å². The first-order chi connectivity index (χ1) is 13.6. The highest BCUT2D eigenvalue weighted by atomic mass is 35.5. The van der Waals surface area contributed by atoms with Crippen LogP contribution < -0.4 is 4.74 Å². The first kappa shape index (κ1) is 22.2. The number of ether oxygens (including phenoxy) is 1. The molecule has 28 heavy (non-hydrogen) atoms. The molecule has 2 rings (SSSR count). The maximum absolute atomic E-state index is 12.0. The predicted molar refractivity (Wildman–Crippen MR) is 115 cm³/mol. The van der Waals surface area contributed by atoms with Gasteiger partial charge in [-0.3, -0.25) is 9.59 Å². The quantitative estimate of drug-likeness (QED) is 0.164. The largest absolute Gasteiger partial charge is 0.427 e. The van der Waals surface area contributed by atoms with Crippen molar-refractivity contribution in [2.24, 2.45) is 0 Å². The molecular formula is C24H29ClO3. The van der Waals surface area contributed by atoms with Crippen LogP contribution in [0.3, 0.4) is 0 Å². The Morgan fingerprint density at radius 1 is 0.750 bits per heavy atom. The number of hydrogen-bond acceptors (Lipinski definition) is 3. The number of esters is 1. The molecule has 0 spiro atoms. The Hall–Kier alpha value is -2.13. The molecule has 0 N–H and O–H groups in total. The molecule has 0 fully saturated rings. The molecule has 0 unspecified atom stereocenters. The highest BCUT2D eigenvalue weighted by Gasteiger charge is 2.06. The lowest BCUT2D eigenvalue weighted by atomic mass is 10.0. The Labute approximate surface area is 173 Å². The van der Waals surface area contributed by atoms with Crippen LogP contribution >= 0.6 is 11.6 Å². The van der Waals surface area contributed by atoms with E-state index in [4.69, 9.17) is 16.3 Å². The third-order valence-corrected chi connectivity index (χ3v) is 4.98. The Kier molecular flexibility index (Phi) is 9.78. The fourth-order valence-electron chi connectivity index (χ4n) is 3.09. The Balaban J connectivity index is 1.71. The maximum Gasteiger partial charge on any atom is 0.311 e. The minimum absolute atomic E-state index is 0.177. The smallest absolute Gasteiger partial charge is 0.311 e. The first-order valence-corrected chi connectivity index (χ1v) is 10.6. The average Bonchev–Trinajstić information content (AvgIpc) is 2.70. The van der Waals surface area contributed by atoms with Crippen LogP contribution in [0.25, 0.3) is 11.1 Å². The molecule has 0 radical (unpaired) electrons. The molecule has 0 heterocycles. The van der Waals surface area contributed by atoms with Gasteiger partial charge in [-0.05, 0) is 53.4 Å². The molecule has 4 heteroatoms. The summed E-state index contributed by atoms with van der Waals surface area (Å²) in [5, 5.41) is -0.467.